The van der Waals surface area contributed by atoms with Crippen molar-refractivity contribution in [1.82, 2.24) is 8.87 Å². The first-order valence-corrected chi connectivity index (χ1v) is 11.6. The van der Waals surface area contributed by atoms with Gasteiger partial charge in [-0.15, -0.1) is 13.2 Å². The lowest BCUT2D eigenvalue weighted by Crippen LogP contribution is -2.31. The summed E-state index contributed by atoms with van der Waals surface area (Å²) in [5.41, 5.74) is 1.15. The van der Waals surface area contributed by atoms with Crippen LogP contribution in [0, 0.1) is 0 Å². The van der Waals surface area contributed by atoms with Crippen LogP contribution >= 0.6 is 11.3 Å². The Morgan fingerprint density at radius 2 is 1.81 bits per heavy atom. The van der Waals surface area contributed by atoms with Gasteiger partial charge in [0.15, 0.2) is 4.80 Å². The molecule has 1 amide bonds. The molecule has 0 aliphatic rings. The number of hydrogen-bond acceptors (Lipinski definition) is 5. The van der Waals surface area contributed by atoms with Crippen molar-refractivity contribution in [2.24, 2.45) is 12.0 Å². The van der Waals surface area contributed by atoms with Crippen molar-refractivity contribution < 1.29 is 17.9 Å². The van der Waals surface area contributed by atoms with Crippen LogP contribution in [-0.2, 0) is 17.1 Å². The van der Waals surface area contributed by atoms with Gasteiger partial charge in [0, 0.05) is 25.7 Å². The van der Waals surface area contributed by atoms with Crippen LogP contribution < -0.4 is 9.54 Å². The number of rotatable bonds is 8. The molecular formula is C22H23N3O4S2. The van der Waals surface area contributed by atoms with Crippen LogP contribution in [-0.4, -0.2) is 43.4 Å². The minimum absolute atomic E-state index is 0.0879. The van der Waals surface area contributed by atoms with Crippen molar-refractivity contribution >= 4 is 37.5 Å². The van der Waals surface area contributed by atoms with E-state index in [0.29, 0.717) is 16.1 Å². The summed E-state index contributed by atoms with van der Waals surface area (Å²) in [4.78, 5) is 17.5. The number of sulfonamides is 1. The van der Waals surface area contributed by atoms with Crippen molar-refractivity contribution in [3.8, 4) is 5.75 Å². The van der Waals surface area contributed by atoms with E-state index in [9.17, 15) is 13.2 Å². The number of aromatic nitrogens is 1. The Morgan fingerprint density at radius 3 is 2.39 bits per heavy atom. The largest absolute Gasteiger partial charge is 0.495 e. The van der Waals surface area contributed by atoms with E-state index in [4.69, 9.17) is 4.74 Å². The number of fused-ring (bicyclic) bond motifs is 1. The number of ether oxygens (including phenoxy) is 1. The summed E-state index contributed by atoms with van der Waals surface area (Å²) in [7, 11) is -0.317. The average Bonchev–Trinajstić information content (AvgIpc) is 3.09. The summed E-state index contributed by atoms with van der Waals surface area (Å²) >= 11 is 1.37. The molecule has 0 N–H and O–H groups in total. The normalized spacial score (nSPS) is 12.3. The Labute approximate surface area is 185 Å². The monoisotopic (exact) mass is 457 g/mol. The summed E-state index contributed by atoms with van der Waals surface area (Å²) in [6.45, 7) is 7.51. The molecule has 9 heteroatoms. The van der Waals surface area contributed by atoms with Gasteiger partial charge in [-0.05, 0) is 36.4 Å². The number of hydrogen-bond donors (Lipinski definition) is 0. The highest BCUT2D eigenvalue weighted by Gasteiger charge is 2.22. The van der Waals surface area contributed by atoms with Crippen LogP contribution in [0.1, 0.15) is 10.4 Å². The molecule has 0 atom stereocenters. The van der Waals surface area contributed by atoms with E-state index in [1.165, 1.54) is 52.1 Å². The fraction of sp³-hybridized carbons (Fsp3) is 0.182. The molecule has 0 saturated carbocycles. The van der Waals surface area contributed by atoms with Crippen molar-refractivity contribution in [3.05, 3.63) is 78.1 Å². The average molecular weight is 458 g/mol. The van der Waals surface area contributed by atoms with E-state index in [1.807, 2.05) is 25.2 Å². The number of carbonyl (C=O) groups excluding carboxylic acids is 1. The second-order valence-corrected chi connectivity index (χ2v) is 9.54. The molecule has 0 unspecified atom stereocenters. The smallest absolute Gasteiger partial charge is 0.279 e. The van der Waals surface area contributed by atoms with Gasteiger partial charge in [0.05, 0.1) is 16.7 Å². The second kappa shape index (κ2) is 9.42. The van der Waals surface area contributed by atoms with Crippen molar-refractivity contribution in [3.63, 3.8) is 0 Å². The van der Waals surface area contributed by atoms with Gasteiger partial charge in [-0.2, -0.15) is 9.30 Å². The summed E-state index contributed by atoms with van der Waals surface area (Å²) in [6.07, 6.45) is 3.02. The quantitative estimate of drug-likeness (QED) is 0.486. The van der Waals surface area contributed by atoms with Crippen LogP contribution in [0.4, 0.5) is 0 Å². The van der Waals surface area contributed by atoms with Gasteiger partial charge in [-0.3, -0.25) is 4.79 Å². The molecule has 7 nitrogen and oxygen atoms in total. The molecule has 3 rings (SSSR count). The minimum atomic E-state index is -3.73. The van der Waals surface area contributed by atoms with Gasteiger partial charge in [0.25, 0.3) is 5.91 Å². The van der Waals surface area contributed by atoms with E-state index in [0.717, 1.165) is 10.2 Å². The molecule has 0 aliphatic carbocycles. The van der Waals surface area contributed by atoms with Crippen LogP contribution in [0.2, 0.25) is 0 Å². The molecule has 0 spiro atoms. The molecule has 2 aromatic carbocycles. The Kier molecular flexibility index (Phi) is 6.89. The first-order valence-electron chi connectivity index (χ1n) is 9.37. The molecular weight excluding hydrogens is 434 g/mol. The maximum atomic E-state index is 12.8. The lowest BCUT2D eigenvalue weighted by molar-refractivity contribution is 0.0998. The SMILES string of the molecule is C=CCN(CC=C)S(=O)(=O)c1ccc(C(=O)N=c2sc3cccc(OC)c3n2C)cc1. The summed E-state index contributed by atoms with van der Waals surface area (Å²) in [6, 6.07) is 11.4. The maximum Gasteiger partial charge on any atom is 0.279 e. The Hall–Kier alpha value is -3.01. The third-order valence-electron chi connectivity index (χ3n) is 4.61. The third-order valence-corrected chi connectivity index (χ3v) is 7.55. The minimum Gasteiger partial charge on any atom is -0.495 e. The van der Waals surface area contributed by atoms with Crippen molar-refractivity contribution in [2.75, 3.05) is 20.2 Å². The zero-order chi connectivity index (χ0) is 22.6. The number of thiazole rings is 1. The summed E-state index contributed by atoms with van der Waals surface area (Å²) in [5, 5.41) is 0. The predicted molar refractivity (Wildman–Crippen MR) is 123 cm³/mol. The maximum absolute atomic E-state index is 12.8. The zero-order valence-electron chi connectivity index (χ0n) is 17.3. The van der Waals surface area contributed by atoms with Gasteiger partial charge >= 0.3 is 0 Å². The second-order valence-electron chi connectivity index (χ2n) is 6.59. The number of amides is 1. The van der Waals surface area contributed by atoms with Crippen LogP contribution in [0.25, 0.3) is 10.2 Å². The molecule has 3 aromatic rings. The van der Waals surface area contributed by atoms with Crippen LogP contribution in [0.3, 0.4) is 0 Å². The third kappa shape index (κ3) is 4.53. The van der Waals surface area contributed by atoms with E-state index >= 15 is 0 Å². The number of methoxy groups -OCH3 is 1. The fourth-order valence-electron chi connectivity index (χ4n) is 3.07. The number of carbonyl (C=O) groups is 1. The number of benzene rings is 2. The first kappa shape index (κ1) is 22.7. The number of aryl methyl sites for hydroxylation is 1. The van der Waals surface area contributed by atoms with Crippen molar-refractivity contribution in [2.45, 2.75) is 4.90 Å². The predicted octanol–water partition coefficient (Wildman–Crippen LogP) is 3.35. The molecule has 31 heavy (non-hydrogen) atoms. The van der Waals surface area contributed by atoms with Gasteiger partial charge in [-0.25, -0.2) is 8.42 Å². The zero-order valence-corrected chi connectivity index (χ0v) is 18.9. The van der Waals surface area contributed by atoms with Crippen LogP contribution in [0.5, 0.6) is 5.75 Å². The van der Waals surface area contributed by atoms with E-state index in [1.54, 1.807) is 11.7 Å². The lowest BCUT2D eigenvalue weighted by Gasteiger charge is -2.19. The summed E-state index contributed by atoms with van der Waals surface area (Å²) in [5.74, 6) is 0.238. The molecule has 0 radical (unpaired) electrons. The van der Waals surface area contributed by atoms with E-state index in [2.05, 4.69) is 18.2 Å². The molecule has 0 aliphatic heterocycles. The van der Waals surface area contributed by atoms with Crippen LogP contribution in [0.15, 0.2) is 77.7 Å². The lowest BCUT2D eigenvalue weighted by atomic mass is 10.2. The highest BCUT2D eigenvalue weighted by atomic mass is 32.2. The number of para-hydroxylation sites is 1. The standard InChI is InChI=1S/C22H23N3O4S2/c1-5-14-25(15-6-2)31(27,28)17-12-10-16(11-13-17)21(26)23-22-24(3)20-18(29-4)8-7-9-19(20)30-22/h5-13H,1-2,14-15H2,3-4H3. The van der Waals surface area contributed by atoms with Gasteiger partial charge in [0.1, 0.15) is 11.3 Å². The fourth-order valence-corrected chi connectivity index (χ4v) is 5.48. The Balaban J connectivity index is 1.94. The topological polar surface area (TPSA) is 81.0 Å². The molecule has 1 aromatic heterocycles. The molecule has 0 bridgehead atoms. The number of nitrogens with zero attached hydrogens (tertiary/aromatic N) is 3. The van der Waals surface area contributed by atoms with E-state index in [-0.39, 0.29) is 18.0 Å². The van der Waals surface area contributed by atoms with Gasteiger partial charge in [-0.1, -0.05) is 29.6 Å². The molecule has 0 fully saturated rings. The van der Waals surface area contributed by atoms with Gasteiger partial charge < -0.3 is 9.30 Å². The highest BCUT2D eigenvalue weighted by molar-refractivity contribution is 7.89. The summed E-state index contributed by atoms with van der Waals surface area (Å²) < 4.78 is 35.0. The first-order chi connectivity index (χ1) is 14.8. The Bertz CT molecular complexity index is 1290. The molecule has 0 saturated heterocycles. The Morgan fingerprint density at radius 1 is 1.16 bits per heavy atom. The van der Waals surface area contributed by atoms with E-state index < -0.39 is 15.9 Å². The van der Waals surface area contributed by atoms with Crippen molar-refractivity contribution in [1.29, 1.82) is 0 Å². The highest BCUT2D eigenvalue weighted by Crippen LogP contribution is 2.26. The molecule has 1 heterocycles. The molecule has 162 valence electrons. The van der Waals surface area contributed by atoms with Gasteiger partial charge in [0.2, 0.25) is 10.0 Å².